The van der Waals surface area contributed by atoms with Crippen molar-refractivity contribution in [3.8, 4) is 11.3 Å². The fraction of sp³-hybridized carbons (Fsp3) is 0.176. The van der Waals surface area contributed by atoms with Gasteiger partial charge in [-0.1, -0.05) is 30.3 Å². The molecule has 0 bridgehead atoms. The zero-order valence-electron chi connectivity index (χ0n) is 13.0. The Morgan fingerprint density at radius 2 is 1.92 bits per heavy atom. The maximum absolute atomic E-state index is 12.9. The standard InChI is InChI=1S/C17H15N5O2/c1-11-18-17-19-13-7-8-21(9-10-23)16(24)14(13)15(22(17)20-11)12-5-3-2-4-6-12/h2-8,23H,9-10H2,1H3. The third-order valence-electron chi connectivity index (χ3n) is 3.90. The van der Waals surface area contributed by atoms with Crippen LogP contribution in [0.5, 0.6) is 0 Å². The maximum Gasteiger partial charge on any atom is 0.262 e. The number of fused-ring (bicyclic) bond motifs is 2. The number of aryl methyl sites for hydroxylation is 1. The molecule has 4 rings (SSSR count). The number of pyridine rings is 1. The Morgan fingerprint density at radius 1 is 1.12 bits per heavy atom. The van der Waals surface area contributed by atoms with Crippen LogP contribution in [0.1, 0.15) is 5.82 Å². The van der Waals surface area contributed by atoms with Gasteiger partial charge in [-0.15, -0.1) is 5.10 Å². The molecule has 0 saturated carbocycles. The fourth-order valence-electron chi connectivity index (χ4n) is 2.87. The van der Waals surface area contributed by atoms with Crippen molar-refractivity contribution in [3.63, 3.8) is 0 Å². The van der Waals surface area contributed by atoms with Crippen LogP contribution in [-0.2, 0) is 6.54 Å². The number of hydrogen-bond donors (Lipinski definition) is 1. The number of nitrogens with zero attached hydrogens (tertiary/aromatic N) is 5. The van der Waals surface area contributed by atoms with E-state index < -0.39 is 0 Å². The van der Waals surface area contributed by atoms with Gasteiger partial charge in [0.15, 0.2) is 0 Å². The summed E-state index contributed by atoms with van der Waals surface area (Å²) in [6.07, 6.45) is 1.64. The predicted molar refractivity (Wildman–Crippen MR) is 89.8 cm³/mol. The van der Waals surface area contributed by atoms with E-state index in [0.29, 0.717) is 28.2 Å². The van der Waals surface area contributed by atoms with Crippen molar-refractivity contribution in [1.82, 2.24) is 24.1 Å². The van der Waals surface area contributed by atoms with Crippen molar-refractivity contribution in [2.45, 2.75) is 13.5 Å². The molecule has 0 saturated heterocycles. The number of benzene rings is 1. The Morgan fingerprint density at radius 3 is 2.67 bits per heavy atom. The van der Waals surface area contributed by atoms with Gasteiger partial charge in [0.1, 0.15) is 5.82 Å². The Kier molecular flexibility index (Phi) is 3.35. The molecular weight excluding hydrogens is 306 g/mol. The second-order valence-corrected chi connectivity index (χ2v) is 5.50. The Balaban J connectivity index is 2.21. The van der Waals surface area contributed by atoms with Crippen LogP contribution in [0.3, 0.4) is 0 Å². The molecule has 120 valence electrons. The van der Waals surface area contributed by atoms with Crippen LogP contribution >= 0.6 is 0 Å². The van der Waals surface area contributed by atoms with Gasteiger partial charge in [0.25, 0.3) is 11.3 Å². The first-order valence-electron chi connectivity index (χ1n) is 7.62. The molecule has 7 heteroatoms. The van der Waals surface area contributed by atoms with E-state index in [-0.39, 0.29) is 18.7 Å². The lowest BCUT2D eigenvalue weighted by molar-refractivity contribution is 0.274. The van der Waals surface area contributed by atoms with Crippen LogP contribution in [0.15, 0.2) is 47.4 Å². The van der Waals surface area contributed by atoms with Crippen molar-refractivity contribution in [3.05, 3.63) is 58.8 Å². The van der Waals surface area contributed by atoms with E-state index in [0.717, 1.165) is 5.56 Å². The lowest BCUT2D eigenvalue weighted by Crippen LogP contribution is -2.22. The molecule has 4 aromatic rings. The third-order valence-corrected chi connectivity index (χ3v) is 3.90. The van der Waals surface area contributed by atoms with Crippen molar-refractivity contribution >= 4 is 16.7 Å². The monoisotopic (exact) mass is 321 g/mol. The minimum Gasteiger partial charge on any atom is -0.395 e. The molecule has 0 fully saturated rings. The summed E-state index contributed by atoms with van der Waals surface area (Å²) in [4.78, 5) is 21.7. The molecule has 3 aromatic heterocycles. The first-order valence-corrected chi connectivity index (χ1v) is 7.62. The fourth-order valence-corrected chi connectivity index (χ4v) is 2.87. The quantitative estimate of drug-likeness (QED) is 0.616. The highest BCUT2D eigenvalue weighted by atomic mass is 16.3. The molecule has 0 radical (unpaired) electrons. The highest BCUT2D eigenvalue weighted by molar-refractivity contribution is 5.93. The molecule has 0 atom stereocenters. The Labute approximate surface area is 136 Å². The molecule has 1 N–H and O–H groups in total. The first-order chi connectivity index (χ1) is 11.7. The molecule has 24 heavy (non-hydrogen) atoms. The summed E-state index contributed by atoms with van der Waals surface area (Å²) >= 11 is 0. The van der Waals surface area contributed by atoms with Gasteiger partial charge in [0.2, 0.25) is 0 Å². The predicted octanol–water partition coefficient (Wildman–Crippen LogP) is 1.41. The highest BCUT2D eigenvalue weighted by Gasteiger charge is 2.17. The van der Waals surface area contributed by atoms with Gasteiger partial charge in [0, 0.05) is 18.3 Å². The van der Waals surface area contributed by atoms with Gasteiger partial charge in [-0.2, -0.15) is 9.50 Å². The average molecular weight is 321 g/mol. The van der Waals surface area contributed by atoms with E-state index in [4.69, 9.17) is 0 Å². The van der Waals surface area contributed by atoms with E-state index in [1.54, 1.807) is 23.7 Å². The van der Waals surface area contributed by atoms with Crippen LogP contribution in [0.2, 0.25) is 0 Å². The molecule has 0 amide bonds. The van der Waals surface area contributed by atoms with Crippen LogP contribution in [0, 0.1) is 6.92 Å². The molecule has 0 aliphatic heterocycles. The normalized spacial score (nSPS) is 11.4. The molecule has 0 aliphatic carbocycles. The van der Waals surface area contributed by atoms with Gasteiger partial charge in [-0.3, -0.25) is 4.79 Å². The van der Waals surface area contributed by atoms with Crippen LogP contribution in [0.4, 0.5) is 0 Å². The smallest absolute Gasteiger partial charge is 0.262 e. The largest absolute Gasteiger partial charge is 0.395 e. The zero-order valence-corrected chi connectivity index (χ0v) is 13.0. The molecule has 3 heterocycles. The summed E-state index contributed by atoms with van der Waals surface area (Å²) in [5.41, 5.74) is 1.88. The number of hydrogen-bond acceptors (Lipinski definition) is 5. The van der Waals surface area contributed by atoms with Gasteiger partial charge in [-0.05, 0) is 13.0 Å². The minimum absolute atomic E-state index is 0.107. The van der Waals surface area contributed by atoms with Gasteiger partial charge in [0.05, 0.1) is 23.2 Å². The van der Waals surface area contributed by atoms with Gasteiger partial charge >= 0.3 is 0 Å². The molecule has 0 spiro atoms. The summed E-state index contributed by atoms with van der Waals surface area (Å²) in [7, 11) is 0. The van der Waals surface area contributed by atoms with E-state index >= 15 is 0 Å². The molecule has 0 aliphatic rings. The summed E-state index contributed by atoms with van der Waals surface area (Å²) in [5.74, 6) is 1.05. The molecule has 1 aromatic carbocycles. The summed E-state index contributed by atoms with van der Waals surface area (Å²) < 4.78 is 3.09. The minimum atomic E-state index is -0.206. The Hall–Kier alpha value is -3.06. The first kappa shape index (κ1) is 14.5. The van der Waals surface area contributed by atoms with Gasteiger partial charge < -0.3 is 9.67 Å². The highest BCUT2D eigenvalue weighted by Crippen LogP contribution is 2.25. The summed E-state index contributed by atoms with van der Waals surface area (Å²) in [6.45, 7) is 1.92. The van der Waals surface area contributed by atoms with E-state index in [1.807, 2.05) is 30.3 Å². The molecule has 0 unspecified atom stereocenters. The summed E-state index contributed by atoms with van der Waals surface area (Å²) in [6, 6.07) is 11.4. The van der Waals surface area contributed by atoms with Crippen LogP contribution in [-0.4, -0.2) is 35.9 Å². The van der Waals surface area contributed by atoms with E-state index in [1.165, 1.54) is 4.57 Å². The van der Waals surface area contributed by atoms with Crippen molar-refractivity contribution in [2.24, 2.45) is 0 Å². The maximum atomic E-state index is 12.9. The zero-order chi connectivity index (χ0) is 16.7. The van der Waals surface area contributed by atoms with Crippen LogP contribution in [0.25, 0.3) is 27.9 Å². The van der Waals surface area contributed by atoms with Crippen LogP contribution < -0.4 is 5.56 Å². The topological polar surface area (TPSA) is 85.3 Å². The van der Waals surface area contributed by atoms with Crippen molar-refractivity contribution in [1.29, 1.82) is 0 Å². The molecular formula is C17H15N5O2. The average Bonchev–Trinajstić information content (AvgIpc) is 2.96. The number of aliphatic hydroxyl groups is 1. The van der Waals surface area contributed by atoms with E-state index in [2.05, 4.69) is 15.1 Å². The van der Waals surface area contributed by atoms with Crippen molar-refractivity contribution < 1.29 is 5.11 Å². The second-order valence-electron chi connectivity index (χ2n) is 5.50. The second kappa shape index (κ2) is 5.54. The number of aromatic nitrogens is 5. The number of rotatable bonds is 3. The van der Waals surface area contributed by atoms with Crippen molar-refractivity contribution in [2.75, 3.05) is 6.61 Å². The lowest BCUT2D eigenvalue weighted by atomic mass is 10.1. The van der Waals surface area contributed by atoms with Gasteiger partial charge in [-0.25, -0.2) is 4.98 Å². The Bertz CT molecular complexity index is 1100. The summed E-state index contributed by atoms with van der Waals surface area (Å²) in [5, 5.41) is 14.0. The number of aliphatic hydroxyl groups excluding tert-OH is 1. The lowest BCUT2D eigenvalue weighted by Gasteiger charge is -2.10. The molecule has 7 nitrogen and oxygen atoms in total. The SMILES string of the molecule is Cc1nc2nc3ccn(CCO)c(=O)c3c(-c3ccccc3)n2n1. The third kappa shape index (κ3) is 2.17. The van der Waals surface area contributed by atoms with E-state index in [9.17, 15) is 9.90 Å².